The van der Waals surface area contributed by atoms with Crippen molar-refractivity contribution in [2.75, 3.05) is 0 Å². The second-order valence-electron chi connectivity index (χ2n) is 11.5. The van der Waals surface area contributed by atoms with Gasteiger partial charge in [0.25, 0.3) is 0 Å². The quantitative estimate of drug-likeness (QED) is 0.0596. The molecule has 0 rings (SSSR count). The van der Waals surface area contributed by atoms with Crippen LogP contribution in [0.5, 0.6) is 0 Å². The molecule has 0 atom stereocenters. The van der Waals surface area contributed by atoms with E-state index >= 15 is 0 Å². The Morgan fingerprint density at radius 1 is 0.390 bits per heavy atom. The molecule has 0 unspecified atom stereocenters. The van der Waals surface area contributed by atoms with Gasteiger partial charge in [-0.1, -0.05) is 141 Å². The molecule has 0 spiro atoms. The predicted octanol–water partition coefficient (Wildman–Crippen LogP) is 12.2. The molecule has 0 aliphatic carbocycles. The Balaban J connectivity index is -0.000000688. The average Bonchev–Trinajstić information content (AvgIpc) is 2.93. The van der Waals surface area contributed by atoms with Crippen molar-refractivity contribution >= 4 is 11.9 Å². The molecule has 0 aromatic carbocycles. The molecule has 2 N–H and O–H groups in total. The Labute approximate surface area is 274 Å². The van der Waals surface area contributed by atoms with Crippen LogP contribution in [0, 0.1) is 0 Å². The van der Waals surface area contributed by atoms with Gasteiger partial charge in [-0.15, -0.1) is 0 Å². The van der Waals surface area contributed by atoms with Gasteiger partial charge < -0.3 is 10.2 Å². The summed E-state index contributed by atoms with van der Waals surface area (Å²) in [5, 5.41) is 17.0. The summed E-state index contributed by atoms with van der Waals surface area (Å²) in [7, 11) is 0. The number of hydrogen-bond donors (Lipinski definition) is 2. The molecule has 0 saturated heterocycles. The van der Waals surface area contributed by atoms with Crippen molar-refractivity contribution in [1.82, 2.24) is 0 Å². The predicted molar refractivity (Wildman–Crippen MR) is 174 cm³/mol. The van der Waals surface area contributed by atoms with Crippen LogP contribution in [0.1, 0.15) is 194 Å². The number of carboxylic acid groups (broad SMARTS) is 2. The number of aliphatic carboxylic acids is 2. The zero-order valence-corrected chi connectivity index (χ0v) is 29.8. The third kappa shape index (κ3) is 49.3. The van der Waals surface area contributed by atoms with Gasteiger partial charge in [0.05, 0.1) is 0 Å². The molecule has 0 saturated carbocycles. The van der Waals surface area contributed by atoms with Crippen LogP contribution < -0.4 is 0 Å². The second kappa shape index (κ2) is 41.4. The number of rotatable bonds is 30. The van der Waals surface area contributed by atoms with Crippen LogP contribution in [0.15, 0.2) is 24.3 Å². The summed E-state index contributed by atoms with van der Waals surface area (Å²) in [5.74, 6) is -1.33. The molecule has 0 fully saturated rings. The van der Waals surface area contributed by atoms with E-state index in [0.717, 1.165) is 25.7 Å². The molecule has 0 aromatic heterocycles. The van der Waals surface area contributed by atoms with Crippen molar-refractivity contribution in [3.05, 3.63) is 24.3 Å². The Bertz CT molecular complexity index is 524. The van der Waals surface area contributed by atoms with E-state index in [0.29, 0.717) is 12.8 Å². The number of carbonyl (C=O) groups is 2. The molecule has 0 aromatic rings. The number of unbranched alkanes of at least 4 members (excludes halogenated alkanes) is 22. The summed E-state index contributed by atoms with van der Waals surface area (Å²) in [4.78, 5) is 20.6. The van der Waals surface area contributed by atoms with Gasteiger partial charge in [-0.25, -0.2) is 0 Å². The summed E-state index contributed by atoms with van der Waals surface area (Å²) in [6.07, 6.45) is 42.5. The first-order valence-corrected chi connectivity index (χ1v) is 17.3. The molecule has 0 bridgehead atoms. The smallest absolute Gasteiger partial charge is 0.303 e. The Hall–Kier alpha value is -0.697. The van der Waals surface area contributed by atoms with Gasteiger partial charge in [0.1, 0.15) is 0 Å². The first-order chi connectivity index (χ1) is 19.5. The second-order valence-corrected chi connectivity index (χ2v) is 11.5. The normalized spacial score (nSPS) is 11.0. The van der Waals surface area contributed by atoms with Crippen LogP contribution >= 0.6 is 0 Å². The zero-order valence-electron chi connectivity index (χ0n) is 27.3. The summed E-state index contributed by atoms with van der Waals surface area (Å²) in [6, 6.07) is 0. The monoisotopic (exact) mass is 654 g/mol. The molecule has 5 heteroatoms. The number of allylic oxidation sites excluding steroid dienone is 4. The van der Waals surface area contributed by atoms with Crippen molar-refractivity contribution in [3.8, 4) is 0 Å². The van der Waals surface area contributed by atoms with E-state index in [2.05, 4.69) is 38.2 Å². The Kier molecular flexibility index (Phi) is 45.2. The fraction of sp³-hybridized carbons (Fsp3) is 0.833. The van der Waals surface area contributed by atoms with Crippen molar-refractivity contribution in [2.24, 2.45) is 0 Å². The SMILES string of the molecule is CCCCCCCC/C=C\CCCCCCCC(=O)O.CCCCCCCC/C=C\CCCCCCCC(=O)O.[Zr]. The van der Waals surface area contributed by atoms with Gasteiger partial charge in [0.2, 0.25) is 0 Å². The van der Waals surface area contributed by atoms with Crippen LogP contribution in [-0.2, 0) is 35.8 Å². The summed E-state index contributed by atoms with van der Waals surface area (Å²) >= 11 is 0. The fourth-order valence-electron chi connectivity index (χ4n) is 4.69. The van der Waals surface area contributed by atoms with Crippen LogP contribution in [0.3, 0.4) is 0 Å². The molecule has 0 amide bonds. The maximum Gasteiger partial charge on any atom is 0.303 e. The van der Waals surface area contributed by atoms with E-state index in [9.17, 15) is 9.59 Å². The Morgan fingerprint density at radius 3 is 0.854 bits per heavy atom. The van der Waals surface area contributed by atoms with E-state index in [1.54, 1.807) is 0 Å². The molecule has 41 heavy (non-hydrogen) atoms. The fourth-order valence-corrected chi connectivity index (χ4v) is 4.69. The average molecular weight is 656 g/mol. The first-order valence-electron chi connectivity index (χ1n) is 17.3. The van der Waals surface area contributed by atoms with Crippen LogP contribution in [0.2, 0.25) is 0 Å². The maximum atomic E-state index is 10.3. The van der Waals surface area contributed by atoms with Crippen molar-refractivity contribution in [2.45, 2.75) is 194 Å². The largest absolute Gasteiger partial charge is 0.481 e. The third-order valence-electron chi connectivity index (χ3n) is 7.30. The van der Waals surface area contributed by atoms with E-state index in [1.165, 1.54) is 141 Å². The van der Waals surface area contributed by atoms with E-state index < -0.39 is 11.9 Å². The van der Waals surface area contributed by atoms with Gasteiger partial charge in [-0.2, -0.15) is 0 Å². The van der Waals surface area contributed by atoms with E-state index in [1.807, 2.05) is 0 Å². The van der Waals surface area contributed by atoms with E-state index in [4.69, 9.17) is 10.2 Å². The molecule has 4 nitrogen and oxygen atoms in total. The molecular weight excluding hydrogens is 588 g/mol. The van der Waals surface area contributed by atoms with Crippen LogP contribution in [0.25, 0.3) is 0 Å². The van der Waals surface area contributed by atoms with Crippen molar-refractivity contribution in [1.29, 1.82) is 0 Å². The van der Waals surface area contributed by atoms with Gasteiger partial charge in [0.15, 0.2) is 0 Å². The van der Waals surface area contributed by atoms with Crippen LogP contribution in [-0.4, -0.2) is 22.2 Å². The van der Waals surface area contributed by atoms with Gasteiger partial charge >= 0.3 is 11.9 Å². The molecular formula is C36H68O4Zr. The molecule has 0 aliphatic rings. The minimum atomic E-state index is -0.664. The topological polar surface area (TPSA) is 74.6 Å². The van der Waals surface area contributed by atoms with Gasteiger partial charge in [0, 0.05) is 39.0 Å². The Morgan fingerprint density at radius 2 is 0.610 bits per heavy atom. The minimum absolute atomic E-state index is 0. The summed E-state index contributed by atoms with van der Waals surface area (Å²) < 4.78 is 0. The molecule has 240 valence electrons. The third-order valence-corrected chi connectivity index (χ3v) is 7.30. The maximum absolute atomic E-state index is 10.3. The molecule has 0 aliphatic heterocycles. The van der Waals surface area contributed by atoms with Gasteiger partial charge in [-0.3, -0.25) is 9.59 Å². The van der Waals surface area contributed by atoms with Crippen LogP contribution in [0.4, 0.5) is 0 Å². The minimum Gasteiger partial charge on any atom is -0.481 e. The van der Waals surface area contributed by atoms with Crippen molar-refractivity contribution in [3.63, 3.8) is 0 Å². The van der Waals surface area contributed by atoms with Gasteiger partial charge in [-0.05, 0) is 64.2 Å². The zero-order chi connectivity index (χ0) is 29.8. The standard InChI is InChI=1S/2C18H34O2.Zr/c2*1-2-3-4-5-6-7-8-9-10-11-12-13-14-15-16-17-18(19)20;/h2*9-10H,2-8,11-17H2,1H3,(H,19,20);/b2*10-9-;. The van der Waals surface area contributed by atoms with Crippen molar-refractivity contribution < 1.29 is 46.0 Å². The number of carboxylic acids is 2. The summed E-state index contributed by atoms with van der Waals surface area (Å²) in [6.45, 7) is 4.52. The first kappa shape index (κ1) is 44.7. The number of hydrogen-bond acceptors (Lipinski definition) is 2. The molecule has 0 radical (unpaired) electrons. The molecule has 0 heterocycles. The summed E-state index contributed by atoms with van der Waals surface area (Å²) in [5.41, 5.74) is 0. The van der Waals surface area contributed by atoms with E-state index in [-0.39, 0.29) is 26.2 Å².